The summed E-state index contributed by atoms with van der Waals surface area (Å²) in [7, 11) is 0. The molecule has 2 rings (SSSR count). The van der Waals surface area contributed by atoms with Crippen molar-refractivity contribution in [1.82, 2.24) is 0 Å². The van der Waals surface area contributed by atoms with Crippen LogP contribution in [0.5, 0.6) is 0 Å². The van der Waals surface area contributed by atoms with Crippen molar-refractivity contribution in [2.45, 2.75) is 25.6 Å². The molecule has 0 amide bonds. The van der Waals surface area contributed by atoms with Gasteiger partial charge in [0.1, 0.15) is 0 Å². The highest BCUT2D eigenvalue weighted by Gasteiger charge is 2.31. The highest BCUT2D eigenvalue weighted by molar-refractivity contribution is 6.33. The summed E-state index contributed by atoms with van der Waals surface area (Å²) in [6, 6.07) is 13.7. The Kier molecular flexibility index (Phi) is 4.78. The van der Waals surface area contributed by atoms with Crippen LogP contribution < -0.4 is 5.32 Å². The van der Waals surface area contributed by atoms with E-state index in [-0.39, 0.29) is 16.8 Å². The molecule has 0 aromatic heterocycles. The number of hydrogen-bond acceptors (Lipinski definition) is 1. The molecule has 0 spiro atoms. The third-order valence-corrected chi connectivity index (χ3v) is 3.47. The Hall–Kier alpha value is -1.68. The second-order valence-corrected chi connectivity index (χ2v) is 5.01. The first-order valence-electron chi connectivity index (χ1n) is 6.51. The van der Waals surface area contributed by atoms with Gasteiger partial charge in [-0.05, 0) is 24.1 Å². The van der Waals surface area contributed by atoms with Crippen molar-refractivity contribution in [3.8, 4) is 0 Å². The van der Waals surface area contributed by atoms with Crippen molar-refractivity contribution < 1.29 is 13.2 Å². The van der Waals surface area contributed by atoms with Crippen molar-refractivity contribution >= 4 is 17.3 Å². The Morgan fingerprint density at radius 3 is 2.48 bits per heavy atom. The van der Waals surface area contributed by atoms with Crippen LogP contribution >= 0.6 is 11.6 Å². The first-order valence-corrected chi connectivity index (χ1v) is 6.89. The van der Waals surface area contributed by atoms with Crippen LogP contribution in [-0.4, -0.2) is 0 Å². The van der Waals surface area contributed by atoms with Crippen molar-refractivity contribution in [2.75, 3.05) is 5.32 Å². The highest BCUT2D eigenvalue weighted by atomic mass is 35.5. The van der Waals surface area contributed by atoms with Gasteiger partial charge in [0.15, 0.2) is 0 Å². The minimum absolute atomic E-state index is 0.111. The lowest BCUT2D eigenvalue weighted by atomic mass is 10.0. The molecule has 1 nitrogen and oxygen atoms in total. The van der Waals surface area contributed by atoms with Crippen LogP contribution in [0.1, 0.15) is 30.5 Å². The zero-order chi connectivity index (χ0) is 15.5. The predicted octanol–water partition coefficient (Wildman–Crippen LogP) is 5.72. The maximum atomic E-state index is 12.8. The molecule has 0 aliphatic heterocycles. The van der Waals surface area contributed by atoms with Crippen molar-refractivity contribution in [2.24, 2.45) is 0 Å². The van der Waals surface area contributed by atoms with Crippen LogP contribution in [0.2, 0.25) is 5.02 Å². The van der Waals surface area contributed by atoms with Gasteiger partial charge in [-0.3, -0.25) is 0 Å². The van der Waals surface area contributed by atoms with Gasteiger partial charge in [-0.1, -0.05) is 48.9 Å². The summed E-state index contributed by atoms with van der Waals surface area (Å²) in [4.78, 5) is 0. The zero-order valence-electron chi connectivity index (χ0n) is 11.3. The average molecular weight is 313 g/mol. The minimum atomic E-state index is -4.41. The summed E-state index contributed by atoms with van der Waals surface area (Å²) in [6.07, 6.45) is -3.69. The predicted molar refractivity (Wildman–Crippen MR) is 78.4 cm³/mol. The molecule has 1 unspecified atom stereocenters. The van der Waals surface area contributed by atoms with E-state index in [9.17, 15) is 13.2 Å². The number of nitrogens with one attached hydrogen (secondary N) is 1. The van der Waals surface area contributed by atoms with Gasteiger partial charge < -0.3 is 5.32 Å². The van der Waals surface area contributed by atoms with Crippen LogP contribution in [0, 0.1) is 6.07 Å². The van der Waals surface area contributed by atoms with E-state index >= 15 is 0 Å². The molecule has 1 atom stereocenters. The van der Waals surface area contributed by atoms with E-state index in [0.29, 0.717) is 0 Å². The molecule has 0 bridgehead atoms. The Morgan fingerprint density at radius 2 is 1.90 bits per heavy atom. The fourth-order valence-corrected chi connectivity index (χ4v) is 2.21. The standard InChI is InChI=1S/C16H14ClF3N/c1-2-14(11-6-4-3-5-7-11)21-15-10-12(16(18,19)20)8-9-13(15)17/h3-8,10,14,21H,2H2,1H3. The lowest BCUT2D eigenvalue weighted by Crippen LogP contribution is -2.11. The molecule has 0 saturated heterocycles. The van der Waals surface area contributed by atoms with Crippen LogP contribution in [0.15, 0.2) is 42.5 Å². The third-order valence-electron chi connectivity index (χ3n) is 3.16. The molecule has 1 N–H and O–H groups in total. The molecule has 0 saturated carbocycles. The Bertz CT molecular complexity index is 596. The van der Waals surface area contributed by atoms with Crippen molar-refractivity contribution in [1.29, 1.82) is 0 Å². The van der Waals surface area contributed by atoms with Gasteiger partial charge >= 0.3 is 6.18 Å². The molecule has 21 heavy (non-hydrogen) atoms. The van der Waals surface area contributed by atoms with E-state index in [1.807, 2.05) is 37.3 Å². The molecular formula is C16H14ClF3N. The minimum Gasteiger partial charge on any atom is -0.377 e. The van der Waals surface area contributed by atoms with Gasteiger partial charge in [0, 0.05) is 6.07 Å². The van der Waals surface area contributed by atoms with Gasteiger partial charge in [0.05, 0.1) is 22.3 Å². The Morgan fingerprint density at radius 1 is 1.24 bits per heavy atom. The van der Waals surface area contributed by atoms with E-state index in [0.717, 1.165) is 24.1 Å². The first-order chi connectivity index (χ1) is 9.91. The van der Waals surface area contributed by atoms with E-state index in [2.05, 4.69) is 11.4 Å². The maximum absolute atomic E-state index is 12.8. The number of anilines is 1. The first kappa shape index (κ1) is 15.7. The van der Waals surface area contributed by atoms with Crippen LogP contribution in [0.25, 0.3) is 0 Å². The fraction of sp³-hybridized carbons (Fsp3) is 0.250. The summed E-state index contributed by atoms with van der Waals surface area (Å²) in [5.74, 6) is 0. The maximum Gasteiger partial charge on any atom is 0.416 e. The molecule has 0 fully saturated rings. The smallest absolute Gasteiger partial charge is 0.377 e. The summed E-state index contributed by atoms with van der Waals surface area (Å²) in [6.45, 7) is 1.95. The van der Waals surface area contributed by atoms with E-state index in [4.69, 9.17) is 11.6 Å². The second kappa shape index (κ2) is 6.39. The molecule has 0 heterocycles. The summed E-state index contributed by atoms with van der Waals surface area (Å²) in [5, 5.41) is 3.21. The monoisotopic (exact) mass is 312 g/mol. The number of hydrogen-bond donors (Lipinski definition) is 1. The van der Waals surface area contributed by atoms with Crippen molar-refractivity contribution in [3.05, 3.63) is 64.7 Å². The van der Waals surface area contributed by atoms with Gasteiger partial charge in [0.2, 0.25) is 0 Å². The molecule has 5 heteroatoms. The quantitative estimate of drug-likeness (QED) is 0.761. The summed E-state index contributed by atoms with van der Waals surface area (Å²) < 4.78 is 38.3. The second-order valence-electron chi connectivity index (χ2n) is 4.63. The Labute approximate surface area is 126 Å². The van der Waals surface area contributed by atoms with E-state index in [1.165, 1.54) is 0 Å². The lowest BCUT2D eigenvalue weighted by Gasteiger charge is -2.20. The summed E-state index contributed by atoms with van der Waals surface area (Å²) >= 11 is 5.95. The molecule has 0 aliphatic carbocycles. The molecule has 1 radical (unpaired) electrons. The molecule has 2 aromatic carbocycles. The normalized spacial score (nSPS) is 13.0. The van der Waals surface area contributed by atoms with E-state index in [1.54, 1.807) is 0 Å². The average Bonchev–Trinajstić information content (AvgIpc) is 2.46. The number of benzene rings is 2. The van der Waals surface area contributed by atoms with Gasteiger partial charge in [0.25, 0.3) is 0 Å². The van der Waals surface area contributed by atoms with Gasteiger partial charge in [-0.25, -0.2) is 0 Å². The fourth-order valence-electron chi connectivity index (χ4n) is 2.04. The SMILES string of the molecule is CCC(Nc1cc(C(F)(F)F)c[c]c1Cl)c1ccccc1. The van der Waals surface area contributed by atoms with Crippen LogP contribution in [0.3, 0.4) is 0 Å². The largest absolute Gasteiger partial charge is 0.416 e. The molecule has 0 aliphatic rings. The summed E-state index contributed by atoms with van der Waals surface area (Å²) in [5.41, 5.74) is 0.466. The van der Waals surface area contributed by atoms with Crippen LogP contribution in [0.4, 0.5) is 18.9 Å². The van der Waals surface area contributed by atoms with Gasteiger partial charge in [-0.15, -0.1) is 0 Å². The van der Waals surface area contributed by atoms with E-state index < -0.39 is 11.7 Å². The molecular weight excluding hydrogens is 299 g/mol. The number of alkyl halides is 3. The highest BCUT2D eigenvalue weighted by Crippen LogP contribution is 2.35. The zero-order valence-corrected chi connectivity index (χ0v) is 12.1. The van der Waals surface area contributed by atoms with Gasteiger partial charge in [-0.2, -0.15) is 13.2 Å². The number of rotatable bonds is 4. The van der Waals surface area contributed by atoms with Crippen LogP contribution in [-0.2, 0) is 6.18 Å². The lowest BCUT2D eigenvalue weighted by molar-refractivity contribution is -0.137. The molecule has 2 aromatic rings. The molecule has 111 valence electrons. The number of halogens is 4. The van der Waals surface area contributed by atoms with Crippen molar-refractivity contribution in [3.63, 3.8) is 0 Å². The topological polar surface area (TPSA) is 12.0 Å². The Balaban J connectivity index is 2.29. The third kappa shape index (κ3) is 3.91.